The highest BCUT2D eigenvalue weighted by molar-refractivity contribution is 6.04. The number of Topliss-reactive ketones (excluding diaryl/α,β-unsaturated/α-hetero) is 1. The molecule has 0 aliphatic heterocycles. The number of hydrogen-bond donors (Lipinski definition) is 2. The summed E-state index contributed by atoms with van der Waals surface area (Å²) < 4.78 is 39.7. The fraction of sp³-hybridized carbons (Fsp3) is 0.125. The van der Waals surface area contributed by atoms with Gasteiger partial charge < -0.3 is 10.6 Å². The van der Waals surface area contributed by atoms with Crippen molar-refractivity contribution in [2.45, 2.75) is 6.92 Å². The van der Waals surface area contributed by atoms with Crippen molar-refractivity contribution in [1.29, 1.82) is 0 Å². The zero-order valence-electron chi connectivity index (χ0n) is 12.1. The van der Waals surface area contributed by atoms with E-state index in [2.05, 4.69) is 10.6 Å². The Morgan fingerprint density at radius 1 is 1.04 bits per heavy atom. The van der Waals surface area contributed by atoms with E-state index in [-0.39, 0.29) is 5.78 Å². The van der Waals surface area contributed by atoms with E-state index in [0.717, 1.165) is 0 Å². The van der Waals surface area contributed by atoms with Crippen LogP contribution < -0.4 is 10.6 Å². The molecule has 0 spiro atoms. The predicted octanol–water partition coefficient (Wildman–Crippen LogP) is 3.36. The lowest BCUT2D eigenvalue weighted by atomic mass is 10.1. The van der Waals surface area contributed by atoms with Gasteiger partial charge in [0.15, 0.2) is 17.4 Å². The number of benzene rings is 2. The van der Waals surface area contributed by atoms with Crippen molar-refractivity contribution in [2.24, 2.45) is 0 Å². The van der Waals surface area contributed by atoms with Gasteiger partial charge in [-0.2, -0.15) is 0 Å². The van der Waals surface area contributed by atoms with Crippen molar-refractivity contribution < 1.29 is 22.8 Å². The topological polar surface area (TPSA) is 58.2 Å². The number of rotatable bonds is 5. The van der Waals surface area contributed by atoms with Gasteiger partial charge in [0.25, 0.3) is 0 Å². The van der Waals surface area contributed by atoms with Crippen molar-refractivity contribution in [3.63, 3.8) is 0 Å². The first-order valence-electron chi connectivity index (χ1n) is 6.66. The van der Waals surface area contributed by atoms with Crippen LogP contribution in [0.3, 0.4) is 0 Å². The van der Waals surface area contributed by atoms with Gasteiger partial charge in [0.1, 0.15) is 11.5 Å². The number of amides is 1. The highest BCUT2D eigenvalue weighted by atomic mass is 19.1. The first-order valence-corrected chi connectivity index (χ1v) is 6.66. The predicted molar refractivity (Wildman–Crippen MR) is 79.9 cm³/mol. The first kappa shape index (κ1) is 16.5. The molecule has 0 aliphatic carbocycles. The van der Waals surface area contributed by atoms with E-state index in [1.165, 1.54) is 13.0 Å². The zero-order chi connectivity index (χ0) is 17.0. The molecule has 0 unspecified atom stereocenters. The molecule has 4 nitrogen and oxygen atoms in total. The van der Waals surface area contributed by atoms with Crippen LogP contribution in [-0.4, -0.2) is 18.2 Å². The van der Waals surface area contributed by atoms with E-state index >= 15 is 0 Å². The Bertz CT molecular complexity index is 740. The fourth-order valence-electron chi connectivity index (χ4n) is 1.97. The molecule has 120 valence electrons. The van der Waals surface area contributed by atoms with Gasteiger partial charge in [-0.1, -0.05) is 12.1 Å². The van der Waals surface area contributed by atoms with E-state index in [1.54, 1.807) is 18.2 Å². The molecule has 23 heavy (non-hydrogen) atoms. The maximum Gasteiger partial charge on any atom is 0.243 e. The third-order valence-electron chi connectivity index (χ3n) is 3.01. The average Bonchev–Trinajstić information content (AvgIpc) is 2.46. The SMILES string of the molecule is CC(=O)c1ccccc1NC(=O)CNc1c(F)cc(F)cc1F. The van der Waals surface area contributed by atoms with Crippen molar-refractivity contribution in [3.8, 4) is 0 Å². The molecular formula is C16H13F3N2O2. The number of anilines is 2. The lowest BCUT2D eigenvalue weighted by Crippen LogP contribution is -2.23. The van der Waals surface area contributed by atoms with E-state index in [4.69, 9.17) is 0 Å². The normalized spacial score (nSPS) is 10.3. The lowest BCUT2D eigenvalue weighted by Gasteiger charge is -2.11. The highest BCUT2D eigenvalue weighted by Gasteiger charge is 2.14. The van der Waals surface area contributed by atoms with Crippen LogP contribution in [0.25, 0.3) is 0 Å². The second-order valence-electron chi connectivity index (χ2n) is 4.75. The van der Waals surface area contributed by atoms with Crippen LogP contribution in [0.1, 0.15) is 17.3 Å². The smallest absolute Gasteiger partial charge is 0.243 e. The van der Waals surface area contributed by atoms with Gasteiger partial charge in [-0.3, -0.25) is 9.59 Å². The Balaban J connectivity index is 2.06. The number of carbonyl (C=O) groups excluding carboxylic acids is 2. The summed E-state index contributed by atoms with van der Waals surface area (Å²) in [6.07, 6.45) is 0. The van der Waals surface area contributed by atoms with E-state index in [9.17, 15) is 22.8 Å². The molecule has 0 saturated carbocycles. The standard InChI is InChI=1S/C16H13F3N2O2/c1-9(22)11-4-2-3-5-14(11)21-15(23)8-20-16-12(18)6-10(17)7-13(16)19/h2-7,20H,8H2,1H3,(H,21,23). The van der Waals surface area contributed by atoms with Gasteiger partial charge >= 0.3 is 0 Å². The van der Waals surface area contributed by atoms with Crippen molar-refractivity contribution in [2.75, 3.05) is 17.2 Å². The minimum atomic E-state index is -1.14. The second-order valence-corrected chi connectivity index (χ2v) is 4.75. The molecule has 0 heterocycles. The Morgan fingerprint density at radius 2 is 1.65 bits per heavy atom. The lowest BCUT2D eigenvalue weighted by molar-refractivity contribution is -0.114. The number of para-hydroxylation sites is 1. The zero-order valence-corrected chi connectivity index (χ0v) is 12.1. The Labute approximate surface area is 130 Å². The van der Waals surface area contributed by atoms with Gasteiger partial charge in [0.2, 0.25) is 5.91 Å². The van der Waals surface area contributed by atoms with Gasteiger partial charge in [-0.05, 0) is 19.1 Å². The molecule has 0 fully saturated rings. The molecule has 1 amide bonds. The summed E-state index contributed by atoms with van der Waals surface area (Å²) in [5.74, 6) is -4.17. The molecule has 2 N–H and O–H groups in total. The summed E-state index contributed by atoms with van der Waals surface area (Å²) in [6.45, 7) is 0.901. The van der Waals surface area contributed by atoms with Gasteiger partial charge in [-0.15, -0.1) is 0 Å². The minimum absolute atomic E-state index is 0.232. The van der Waals surface area contributed by atoms with E-state index < -0.39 is 35.6 Å². The maximum atomic E-state index is 13.4. The van der Waals surface area contributed by atoms with Crippen LogP contribution in [0.2, 0.25) is 0 Å². The number of halogens is 3. The van der Waals surface area contributed by atoms with Crippen molar-refractivity contribution in [3.05, 3.63) is 59.4 Å². The van der Waals surface area contributed by atoms with Crippen LogP contribution in [0.4, 0.5) is 24.5 Å². The molecule has 2 aromatic rings. The quantitative estimate of drug-likeness (QED) is 0.830. The monoisotopic (exact) mass is 322 g/mol. The average molecular weight is 322 g/mol. The summed E-state index contributed by atoms with van der Waals surface area (Å²) in [5.41, 5.74) is 0.0215. The molecule has 2 rings (SSSR count). The second kappa shape index (κ2) is 6.95. The number of hydrogen-bond acceptors (Lipinski definition) is 3. The van der Waals surface area contributed by atoms with Crippen LogP contribution in [0.5, 0.6) is 0 Å². The van der Waals surface area contributed by atoms with Crippen LogP contribution in [0.15, 0.2) is 36.4 Å². The molecule has 0 saturated heterocycles. The number of nitrogens with one attached hydrogen (secondary N) is 2. The number of carbonyl (C=O) groups is 2. The summed E-state index contributed by atoms with van der Waals surface area (Å²) in [5, 5.41) is 4.73. The van der Waals surface area contributed by atoms with Crippen LogP contribution in [-0.2, 0) is 4.79 Å². The Kier molecular flexibility index (Phi) is 5.00. The largest absolute Gasteiger partial charge is 0.371 e. The van der Waals surface area contributed by atoms with Gasteiger partial charge in [0.05, 0.1) is 12.2 Å². The minimum Gasteiger partial charge on any atom is -0.371 e. The van der Waals surface area contributed by atoms with Crippen molar-refractivity contribution >= 4 is 23.1 Å². The van der Waals surface area contributed by atoms with E-state index in [0.29, 0.717) is 23.4 Å². The van der Waals surface area contributed by atoms with Crippen LogP contribution in [0, 0.1) is 17.5 Å². The summed E-state index contributed by atoms with van der Waals surface area (Å²) in [4.78, 5) is 23.3. The molecule has 0 radical (unpaired) electrons. The molecule has 0 aliphatic rings. The van der Waals surface area contributed by atoms with E-state index in [1.807, 2.05) is 0 Å². The Morgan fingerprint density at radius 3 is 2.26 bits per heavy atom. The molecule has 0 atom stereocenters. The Hall–Kier alpha value is -2.83. The maximum absolute atomic E-state index is 13.4. The molecule has 0 aromatic heterocycles. The van der Waals surface area contributed by atoms with Crippen LogP contribution >= 0.6 is 0 Å². The molecular weight excluding hydrogens is 309 g/mol. The first-order chi connectivity index (χ1) is 10.9. The third-order valence-corrected chi connectivity index (χ3v) is 3.01. The summed E-state index contributed by atoms with van der Waals surface area (Å²) >= 11 is 0. The molecule has 7 heteroatoms. The van der Waals surface area contributed by atoms with Gasteiger partial charge in [0, 0.05) is 17.7 Å². The molecule has 0 bridgehead atoms. The number of ketones is 1. The third kappa shape index (κ3) is 4.09. The summed E-state index contributed by atoms with van der Waals surface area (Å²) in [6, 6.07) is 7.38. The summed E-state index contributed by atoms with van der Waals surface area (Å²) in [7, 11) is 0. The fourth-order valence-corrected chi connectivity index (χ4v) is 1.97. The van der Waals surface area contributed by atoms with Gasteiger partial charge in [-0.25, -0.2) is 13.2 Å². The molecule has 2 aromatic carbocycles. The van der Waals surface area contributed by atoms with Crippen molar-refractivity contribution in [1.82, 2.24) is 0 Å². The highest BCUT2D eigenvalue weighted by Crippen LogP contribution is 2.20.